The Hall–Kier alpha value is -2.78. The van der Waals surface area contributed by atoms with E-state index in [1.165, 1.54) is 9.21 Å². The summed E-state index contributed by atoms with van der Waals surface area (Å²) in [6.07, 6.45) is 0. The first-order valence-electron chi connectivity index (χ1n) is 12.2. The summed E-state index contributed by atoms with van der Waals surface area (Å²) in [7, 11) is -6.24. The van der Waals surface area contributed by atoms with E-state index in [0.717, 1.165) is 0 Å². The van der Waals surface area contributed by atoms with Crippen LogP contribution >= 0.6 is 24.6 Å². The van der Waals surface area contributed by atoms with Gasteiger partial charge in [0.1, 0.15) is 0 Å². The molecule has 3 aromatic rings. The molecule has 1 aliphatic heterocycles. The molecule has 0 bridgehead atoms. The first-order chi connectivity index (χ1) is 18.8. The molecule has 0 aliphatic carbocycles. The molecule has 15 heteroatoms. The Kier molecular flexibility index (Phi) is 9.43. The van der Waals surface area contributed by atoms with Gasteiger partial charge in [0.25, 0.3) is 0 Å². The molecule has 1 atom stereocenters. The molecule has 1 unspecified atom stereocenters. The van der Waals surface area contributed by atoms with Crippen LogP contribution in [0.25, 0.3) is 0 Å². The van der Waals surface area contributed by atoms with E-state index in [1.54, 1.807) is 72.8 Å². The molecule has 0 saturated heterocycles. The van der Waals surface area contributed by atoms with Gasteiger partial charge in [0.2, 0.25) is 0 Å². The first-order valence-corrected chi connectivity index (χ1v) is 16.1. The van der Waals surface area contributed by atoms with Crippen molar-refractivity contribution in [3.05, 3.63) is 72.8 Å². The topological polar surface area (TPSA) is 152 Å². The monoisotopic (exact) mass is 594 g/mol. The number of rotatable bonds is 12. The predicted octanol–water partition coefficient (Wildman–Crippen LogP) is 6.93. The summed E-state index contributed by atoms with van der Waals surface area (Å²) in [6.45, 7) is 6.18. The molecular weight excluding hydrogens is 561 g/mol. The molecule has 4 rings (SSSR count). The Morgan fingerprint density at radius 3 is 1.51 bits per heavy atom. The van der Waals surface area contributed by atoms with Crippen molar-refractivity contribution in [2.45, 2.75) is 20.8 Å². The molecule has 0 saturated carbocycles. The molecule has 0 spiro atoms. The number of hydrogen-bond acceptors (Lipinski definition) is 12. The Bertz CT molecular complexity index is 1230. The molecule has 3 aromatic carbocycles. The van der Waals surface area contributed by atoms with Crippen molar-refractivity contribution in [1.82, 2.24) is 9.21 Å². The maximum atomic E-state index is 6.53. The average Bonchev–Trinajstić information content (AvgIpc) is 2.92. The van der Waals surface area contributed by atoms with E-state index < -0.39 is 16.0 Å². The molecule has 6 N–H and O–H groups in total. The van der Waals surface area contributed by atoms with Crippen molar-refractivity contribution in [2.24, 2.45) is 4.52 Å². The van der Waals surface area contributed by atoms with Gasteiger partial charge in [-0.3, -0.25) is 0 Å². The van der Waals surface area contributed by atoms with Gasteiger partial charge in [-0.1, -0.05) is 0 Å². The molecule has 210 valence electrons. The summed E-state index contributed by atoms with van der Waals surface area (Å²) in [5.74, 6) is 1.46. The van der Waals surface area contributed by atoms with Crippen LogP contribution in [0.5, 0.6) is 17.2 Å². The van der Waals surface area contributed by atoms with Gasteiger partial charge in [-0.2, -0.15) is 0 Å². The third-order valence-corrected chi connectivity index (χ3v) is 12.8. The quantitative estimate of drug-likeness (QED) is 0.148. The second-order valence-electron chi connectivity index (χ2n) is 7.97. The van der Waals surface area contributed by atoms with Crippen LogP contribution in [-0.4, -0.2) is 29.0 Å². The molecule has 0 amide bonds. The SMILES string of the molecule is CCOP1(OCC)(OCC)N=PN(Oc2ccc(N)cc2)P(Oc2ccc(N)cc2)N1Oc1ccc(N)cc1. The van der Waals surface area contributed by atoms with Gasteiger partial charge in [-0.25, -0.2) is 0 Å². The van der Waals surface area contributed by atoms with Gasteiger partial charge in [-0.15, -0.1) is 0 Å². The van der Waals surface area contributed by atoms with Gasteiger partial charge < -0.3 is 0 Å². The van der Waals surface area contributed by atoms with Crippen LogP contribution in [0.15, 0.2) is 77.3 Å². The van der Waals surface area contributed by atoms with Crippen molar-refractivity contribution in [3.63, 3.8) is 0 Å². The minimum absolute atomic E-state index is 0.225. The fourth-order valence-corrected chi connectivity index (χ4v) is 11.5. The van der Waals surface area contributed by atoms with E-state index in [9.17, 15) is 0 Å². The van der Waals surface area contributed by atoms with Crippen molar-refractivity contribution in [1.29, 1.82) is 0 Å². The normalized spacial score (nSPS) is 20.0. The van der Waals surface area contributed by atoms with Gasteiger partial charge in [0, 0.05) is 0 Å². The van der Waals surface area contributed by atoms with E-state index in [4.69, 9.17) is 49.5 Å². The number of nitrogen functional groups attached to an aromatic ring is 3. The zero-order chi connectivity index (χ0) is 27.9. The Morgan fingerprint density at radius 1 is 0.667 bits per heavy atom. The summed E-state index contributed by atoms with van der Waals surface area (Å²) in [5.41, 5.74) is 19.5. The zero-order valence-electron chi connectivity index (χ0n) is 21.9. The fraction of sp³-hybridized carbons (Fsp3) is 0.250. The number of nitrogens with two attached hydrogens (primary N) is 3. The third kappa shape index (κ3) is 6.52. The van der Waals surface area contributed by atoms with E-state index >= 15 is 0 Å². The molecule has 0 radical (unpaired) electrons. The standard InChI is InChI=1S/C24H33N6O6P3/c1-4-31-39(32-5-2,33-6-3)28-37-29(34-22-13-7-19(25)8-14-22)38(36-24-17-11-21(27)12-18-24)30(39)35-23-15-9-20(26)10-16-23/h7-18H,4-6,25-27H2,1-3H3. The van der Waals surface area contributed by atoms with Gasteiger partial charge in [0.15, 0.2) is 0 Å². The molecule has 1 aliphatic rings. The molecule has 0 fully saturated rings. The Balaban J connectivity index is 1.88. The van der Waals surface area contributed by atoms with E-state index in [0.29, 0.717) is 42.8 Å². The zero-order valence-corrected chi connectivity index (χ0v) is 24.6. The first kappa shape index (κ1) is 29.2. The third-order valence-electron chi connectivity index (χ3n) is 5.10. The summed E-state index contributed by atoms with van der Waals surface area (Å²) in [5, 5.41) is 0. The fourth-order valence-electron chi connectivity index (χ4n) is 3.46. The predicted molar refractivity (Wildman–Crippen MR) is 156 cm³/mol. The second kappa shape index (κ2) is 12.6. The van der Waals surface area contributed by atoms with Crippen LogP contribution in [0.4, 0.5) is 17.1 Å². The van der Waals surface area contributed by atoms with Crippen molar-refractivity contribution < 1.29 is 27.8 Å². The van der Waals surface area contributed by atoms with E-state index in [1.807, 2.05) is 20.8 Å². The van der Waals surface area contributed by atoms with Crippen LogP contribution in [-0.2, 0) is 13.6 Å². The van der Waals surface area contributed by atoms with Gasteiger partial charge in [0.05, 0.1) is 0 Å². The van der Waals surface area contributed by atoms with E-state index in [2.05, 4.69) is 0 Å². The van der Waals surface area contributed by atoms with Crippen LogP contribution in [0.2, 0.25) is 0 Å². The Labute approximate surface area is 230 Å². The minimum atomic E-state index is -4.54. The Morgan fingerprint density at radius 2 is 1.08 bits per heavy atom. The number of benzene rings is 3. The summed E-state index contributed by atoms with van der Waals surface area (Å²) in [6, 6.07) is 20.8. The van der Waals surface area contributed by atoms with Gasteiger partial charge in [-0.05, 0) is 0 Å². The van der Waals surface area contributed by atoms with Crippen molar-refractivity contribution >= 4 is 41.6 Å². The summed E-state index contributed by atoms with van der Waals surface area (Å²) in [4.78, 5) is 12.7. The molecule has 1 heterocycles. The van der Waals surface area contributed by atoms with Crippen molar-refractivity contribution in [2.75, 3.05) is 37.0 Å². The molecule has 39 heavy (non-hydrogen) atoms. The molecule has 12 nitrogen and oxygen atoms in total. The van der Waals surface area contributed by atoms with Crippen molar-refractivity contribution in [3.8, 4) is 17.2 Å². The van der Waals surface area contributed by atoms with Crippen LogP contribution < -0.4 is 31.4 Å². The number of nitrogens with zero attached hydrogens (tertiary/aromatic N) is 3. The van der Waals surface area contributed by atoms with Crippen LogP contribution in [0.1, 0.15) is 20.8 Å². The number of anilines is 3. The van der Waals surface area contributed by atoms with Gasteiger partial charge >= 0.3 is 231 Å². The summed E-state index contributed by atoms with van der Waals surface area (Å²) >= 11 is 0. The number of hydrogen-bond donors (Lipinski definition) is 3. The van der Waals surface area contributed by atoms with Crippen LogP contribution in [0.3, 0.4) is 0 Å². The maximum absolute atomic E-state index is 6.53. The summed E-state index contributed by atoms with van der Waals surface area (Å²) < 4.78 is 33.4. The second-order valence-corrected chi connectivity index (χ2v) is 14.0. The molecular formula is C24H33N6O6P3. The van der Waals surface area contributed by atoms with Crippen LogP contribution in [0, 0.1) is 0 Å². The molecule has 0 aromatic heterocycles. The van der Waals surface area contributed by atoms with E-state index in [-0.39, 0.29) is 19.8 Å². The average molecular weight is 594 g/mol.